The van der Waals surface area contributed by atoms with Crippen molar-refractivity contribution in [1.29, 1.82) is 0 Å². The van der Waals surface area contributed by atoms with Gasteiger partial charge < -0.3 is 20.3 Å². The van der Waals surface area contributed by atoms with Gasteiger partial charge in [0.05, 0.1) is 12.1 Å². The number of piperidine rings is 1. The number of nitrogens with zero attached hydrogens (tertiary/aromatic N) is 3. The van der Waals surface area contributed by atoms with Crippen molar-refractivity contribution in [3.8, 4) is 0 Å². The van der Waals surface area contributed by atoms with Gasteiger partial charge >= 0.3 is 0 Å². The number of methoxy groups -OCH3 is 1. The molecule has 6 nitrogen and oxygen atoms in total. The Labute approximate surface area is 138 Å². The Morgan fingerprint density at radius 3 is 2.71 bits per heavy atom. The molecule has 21 heavy (non-hydrogen) atoms. The molecule has 122 valence electrons. The summed E-state index contributed by atoms with van der Waals surface area (Å²) in [5.74, 6) is 1.60. The molecule has 0 amide bonds. The lowest BCUT2D eigenvalue weighted by Crippen LogP contribution is -2.49. The highest BCUT2D eigenvalue weighted by Crippen LogP contribution is 2.17. The highest BCUT2D eigenvalue weighted by Gasteiger charge is 2.25. The first-order valence-corrected chi connectivity index (χ1v) is 6.63. The van der Waals surface area contributed by atoms with E-state index in [1.165, 1.54) is 0 Å². The third-order valence-electron chi connectivity index (χ3n) is 3.40. The SMILES string of the molecule is CO[C@@H]1CCNC[C@@H]1Nc1ncc(C)c(N(C)C)n1.Cl.Cl. The molecular weight excluding hydrogens is 313 g/mol. The van der Waals surface area contributed by atoms with Gasteiger partial charge in [0.2, 0.25) is 5.95 Å². The van der Waals surface area contributed by atoms with Gasteiger partial charge in [-0.1, -0.05) is 0 Å². The molecule has 0 radical (unpaired) electrons. The number of hydrogen-bond donors (Lipinski definition) is 2. The summed E-state index contributed by atoms with van der Waals surface area (Å²) in [5, 5.41) is 6.73. The summed E-state index contributed by atoms with van der Waals surface area (Å²) >= 11 is 0. The fourth-order valence-electron chi connectivity index (χ4n) is 2.38. The van der Waals surface area contributed by atoms with E-state index < -0.39 is 0 Å². The van der Waals surface area contributed by atoms with Gasteiger partial charge in [0.1, 0.15) is 5.82 Å². The maximum absolute atomic E-state index is 5.51. The van der Waals surface area contributed by atoms with Crippen LogP contribution in [0.5, 0.6) is 0 Å². The van der Waals surface area contributed by atoms with E-state index in [4.69, 9.17) is 4.74 Å². The topological polar surface area (TPSA) is 62.3 Å². The molecule has 1 fully saturated rings. The number of aryl methyl sites for hydroxylation is 1. The third-order valence-corrected chi connectivity index (χ3v) is 3.40. The summed E-state index contributed by atoms with van der Waals surface area (Å²) in [6.45, 7) is 3.88. The predicted molar refractivity (Wildman–Crippen MR) is 91.3 cm³/mol. The fraction of sp³-hybridized carbons (Fsp3) is 0.692. The standard InChI is InChI=1S/C13H23N5O.2ClH/c1-9-7-15-13(17-12(9)18(2)3)16-10-8-14-6-5-11(10)19-4;;/h7,10-11,14H,5-6,8H2,1-4H3,(H,15,16,17);2*1H/t10-,11+;;/m0../s1. The summed E-state index contributed by atoms with van der Waals surface area (Å²) in [4.78, 5) is 10.9. The van der Waals surface area contributed by atoms with E-state index in [9.17, 15) is 0 Å². The van der Waals surface area contributed by atoms with Gasteiger partial charge in [0, 0.05) is 39.5 Å². The minimum absolute atomic E-state index is 0. The average molecular weight is 338 g/mol. The van der Waals surface area contributed by atoms with Gasteiger partial charge in [0.15, 0.2) is 0 Å². The van der Waals surface area contributed by atoms with Crippen molar-refractivity contribution in [3.05, 3.63) is 11.8 Å². The van der Waals surface area contributed by atoms with Crippen LogP contribution in [-0.4, -0.2) is 56.4 Å². The number of aromatic nitrogens is 2. The maximum Gasteiger partial charge on any atom is 0.224 e. The van der Waals surface area contributed by atoms with Crippen LogP contribution in [0.4, 0.5) is 11.8 Å². The van der Waals surface area contributed by atoms with Crippen molar-refractivity contribution in [2.75, 3.05) is 44.5 Å². The number of ether oxygens (including phenoxy) is 1. The monoisotopic (exact) mass is 337 g/mol. The zero-order valence-corrected chi connectivity index (χ0v) is 14.6. The summed E-state index contributed by atoms with van der Waals surface area (Å²) in [6, 6.07) is 0.205. The first kappa shape index (κ1) is 20.2. The van der Waals surface area contributed by atoms with Gasteiger partial charge in [-0.2, -0.15) is 4.98 Å². The highest BCUT2D eigenvalue weighted by molar-refractivity contribution is 5.85. The Kier molecular flexibility index (Phi) is 8.89. The van der Waals surface area contributed by atoms with Crippen LogP contribution in [-0.2, 0) is 4.74 Å². The van der Waals surface area contributed by atoms with Crippen molar-refractivity contribution in [2.24, 2.45) is 0 Å². The lowest BCUT2D eigenvalue weighted by molar-refractivity contribution is 0.0663. The molecule has 0 aliphatic carbocycles. The Balaban J connectivity index is 0.00000200. The van der Waals surface area contributed by atoms with Crippen LogP contribution in [0.1, 0.15) is 12.0 Å². The second kappa shape index (κ2) is 9.25. The van der Waals surface area contributed by atoms with Crippen LogP contribution in [0, 0.1) is 6.92 Å². The molecule has 2 N–H and O–H groups in total. The van der Waals surface area contributed by atoms with Gasteiger partial charge in [0.25, 0.3) is 0 Å². The van der Waals surface area contributed by atoms with Crippen molar-refractivity contribution in [2.45, 2.75) is 25.5 Å². The molecule has 1 aromatic rings. The molecule has 1 aliphatic heterocycles. The fourth-order valence-corrected chi connectivity index (χ4v) is 2.38. The maximum atomic E-state index is 5.51. The molecule has 2 atom stereocenters. The van der Waals surface area contributed by atoms with Crippen LogP contribution >= 0.6 is 24.8 Å². The predicted octanol–water partition coefficient (Wildman–Crippen LogP) is 1.48. The second-order valence-electron chi connectivity index (χ2n) is 5.11. The van der Waals surface area contributed by atoms with Crippen LogP contribution in [0.2, 0.25) is 0 Å². The molecule has 0 bridgehead atoms. The quantitative estimate of drug-likeness (QED) is 0.867. The van der Waals surface area contributed by atoms with E-state index >= 15 is 0 Å². The van der Waals surface area contributed by atoms with Gasteiger partial charge in [-0.15, -0.1) is 24.8 Å². The summed E-state index contributed by atoms with van der Waals surface area (Å²) in [6.07, 6.45) is 3.05. The van der Waals surface area contributed by atoms with Crippen LogP contribution < -0.4 is 15.5 Å². The van der Waals surface area contributed by atoms with E-state index in [1.54, 1.807) is 7.11 Å². The molecule has 8 heteroatoms. The lowest BCUT2D eigenvalue weighted by Gasteiger charge is -2.31. The average Bonchev–Trinajstić information content (AvgIpc) is 2.41. The summed E-state index contributed by atoms with van der Waals surface area (Å²) in [7, 11) is 5.73. The largest absolute Gasteiger partial charge is 0.379 e. The summed E-state index contributed by atoms with van der Waals surface area (Å²) < 4.78 is 5.51. The van der Waals surface area contributed by atoms with E-state index in [0.717, 1.165) is 30.9 Å². The number of nitrogens with one attached hydrogen (secondary N) is 2. The second-order valence-corrected chi connectivity index (χ2v) is 5.11. The number of rotatable bonds is 4. The van der Waals surface area contributed by atoms with Crippen molar-refractivity contribution < 1.29 is 4.74 Å². The van der Waals surface area contributed by atoms with Crippen LogP contribution in [0.3, 0.4) is 0 Å². The molecule has 0 saturated carbocycles. The van der Waals surface area contributed by atoms with E-state index in [-0.39, 0.29) is 37.0 Å². The van der Waals surface area contributed by atoms with E-state index in [0.29, 0.717) is 5.95 Å². The Hall–Kier alpha value is -0.820. The Morgan fingerprint density at radius 2 is 2.10 bits per heavy atom. The minimum atomic E-state index is 0. The van der Waals surface area contributed by atoms with Crippen molar-refractivity contribution in [1.82, 2.24) is 15.3 Å². The zero-order valence-electron chi connectivity index (χ0n) is 12.9. The third kappa shape index (κ3) is 5.14. The number of anilines is 2. The van der Waals surface area contributed by atoms with E-state index in [1.807, 2.05) is 32.1 Å². The van der Waals surface area contributed by atoms with Gasteiger partial charge in [-0.25, -0.2) is 4.98 Å². The highest BCUT2D eigenvalue weighted by atomic mass is 35.5. The first-order chi connectivity index (χ1) is 9.11. The molecular formula is C13H25Cl2N5O. The molecule has 2 rings (SSSR count). The van der Waals surface area contributed by atoms with Crippen molar-refractivity contribution >= 4 is 36.6 Å². The van der Waals surface area contributed by atoms with Crippen molar-refractivity contribution in [3.63, 3.8) is 0 Å². The smallest absolute Gasteiger partial charge is 0.224 e. The van der Waals surface area contributed by atoms with Crippen LogP contribution in [0.15, 0.2) is 6.20 Å². The molecule has 0 spiro atoms. The molecule has 2 heterocycles. The molecule has 1 saturated heterocycles. The number of hydrogen-bond acceptors (Lipinski definition) is 6. The van der Waals surface area contributed by atoms with Crippen LogP contribution in [0.25, 0.3) is 0 Å². The molecule has 1 aliphatic rings. The normalized spacial score (nSPS) is 21.0. The lowest BCUT2D eigenvalue weighted by atomic mass is 10.0. The summed E-state index contributed by atoms with van der Waals surface area (Å²) in [5.41, 5.74) is 1.07. The Morgan fingerprint density at radius 1 is 1.38 bits per heavy atom. The minimum Gasteiger partial charge on any atom is -0.379 e. The molecule has 0 aromatic carbocycles. The number of halogens is 2. The van der Waals surface area contributed by atoms with Gasteiger partial charge in [-0.3, -0.25) is 0 Å². The molecule has 1 aromatic heterocycles. The van der Waals surface area contributed by atoms with Gasteiger partial charge in [-0.05, 0) is 19.9 Å². The zero-order chi connectivity index (χ0) is 13.8. The first-order valence-electron chi connectivity index (χ1n) is 6.63. The Bertz CT molecular complexity index is 433. The van der Waals surface area contributed by atoms with E-state index in [2.05, 4.69) is 20.6 Å². The molecule has 0 unspecified atom stereocenters.